The van der Waals surface area contributed by atoms with Crippen LogP contribution in [0.15, 0.2) is 47.8 Å². The fraction of sp³-hybridized carbons (Fsp3) is 0.300. The summed E-state index contributed by atoms with van der Waals surface area (Å²) in [5.74, 6) is 0.801. The molecule has 3 aromatic rings. The van der Waals surface area contributed by atoms with Crippen molar-refractivity contribution in [3.63, 3.8) is 0 Å². The van der Waals surface area contributed by atoms with Crippen molar-refractivity contribution in [1.82, 2.24) is 24.7 Å². The number of aromatic nitrogens is 5. The number of rotatable bonds is 3. The smallest absolute Gasteiger partial charge is 0.456 e. The molecule has 3 heterocycles. The summed E-state index contributed by atoms with van der Waals surface area (Å²) >= 11 is 0. The largest absolute Gasteiger partial charge is 1.00 e. The van der Waals surface area contributed by atoms with Crippen LogP contribution in [-0.4, -0.2) is 30.8 Å². The monoisotopic (exact) mass is 397 g/mol. The molecule has 1 saturated carbocycles. The van der Waals surface area contributed by atoms with Crippen LogP contribution in [0.4, 0.5) is 5.82 Å². The summed E-state index contributed by atoms with van der Waals surface area (Å²) < 4.78 is 1.19. The second kappa shape index (κ2) is 11.4. The van der Waals surface area contributed by atoms with Crippen LogP contribution in [0.3, 0.4) is 0 Å². The first-order valence-electron chi connectivity index (χ1n) is 9.03. The number of aryl methyl sites for hydroxylation is 1. The summed E-state index contributed by atoms with van der Waals surface area (Å²) in [6.07, 6.45) is 13.7. The van der Waals surface area contributed by atoms with Crippen LogP contribution in [0, 0.1) is 24.5 Å². The van der Waals surface area contributed by atoms with E-state index in [0.717, 1.165) is 11.5 Å². The van der Waals surface area contributed by atoms with Gasteiger partial charge in [-0.25, -0.2) is 4.98 Å². The van der Waals surface area contributed by atoms with Gasteiger partial charge in [-0.2, -0.15) is 15.0 Å². The summed E-state index contributed by atoms with van der Waals surface area (Å²) in [7, 11) is 0. The molecular weight excluding hydrogens is 377 g/mol. The third-order valence-corrected chi connectivity index (χ3v) is 4.32. The van der Waals surface area contributed by atoms with E-state index < -0.39 is 5.56 Å². The molecule has 0 aromatic carbocycles. The van der Waals surface area contributed by atoms with Gasteiger partial charge in [-0.05, 0) is 49.9 Å². The molecule has 0 bridgehead atoms. The first-order chi connectivity index (χ1) is 13.7. The van der Waals surface area contributed by atoms with Gasteiger partial charge >= 0.3 is 29.6 Å². The summed E-state index contributed by atoms with van der Waals surface area (Å²) in [6.45, 7) is 1.89. The molecule has 142 valence electrons. The van der Waals surface area contributed by atoms with Crippen molar-refractivity contribution in [2.75, 3.05) is 5.32 Å². The molecule has 29 heavy (non-hydrogen) atoms. The Morgan fingerprint density at radius 3 is 2.55 bits per heavy atom. The molecule has 0 saturated heterocycles. The Bertz CT molecular complexity index is 994. The maximum absolute atomic E-state index is 12.0. The third-order valence-electron chi connectivity index (χ3n) is 4.32. The molecule has 3 aromatic heterocycles. The summed E-state index contributed by atoms with van der Waals surface area (Å²) in [6, 6.07) is 7.37. The molecule has 8 nitrogen and oxygen atoms in total. The topological polar surface area (TPSA) is 109 Å². The van der Waals surface area contributed by atoms with Gasteiger partial charge in [-0.15, -0.1) is 12.4 Å². The van der Waals surface area contributed by atoms with E-state index in [9.17, 15) is 4.79 Å². The Hall–Kier alpha value is -2.60. The maximum Gasteiger partial charge on any atom is 1.00 e. The second-order valence-corrected chi connectivity index (χ2v) is 6.39. The Labute approximate surface area is 191 Å². The van der Waals surface area contributed by atoms with Crippen LogP contribution in [0.2, 0.25) is 0 Å². The van der Waals surface area contributed by atoms with Gasteiger partial charge in [-0.1, -0.05) is 12.8 Å². The summed E-state index contributed by atoms with van der Waals surface area (Å²) in [5.41, 5.74) is 1.12. The van der Waals surface area contributed by atoms with E-state index in [4.69, 9.17) is 5.26 Å². The van der Waals surface area contributed by atoms with Crippen molar-refractivity contribution < 1.29 is 29.6 Å². The minimum atomic E-state index is -0.432. The van der Waals surface area contributed by atoms with Crippen LogP contribution in [0.5, 0.6) is 0 Å². The minimum absolute atomic E-state index is 0. The van der Waals surface area contributed by atoms with Crippen molar-refractivity contribution in [1.29, 1.82) is 5.26 Å². The maximum atomic E-state index is 12.0. The molecule has 1 aliphatic rings. The Kier molecular flexibility index (Phi) is 8.93. The molecule has 1 aliphatic carbocycles. The molecule has 0 amide bonds. The van der Waals surface area contributed by atoms with E-state index in [-0.39, 0.29) is 35.1 Å². The van der Waals surface area contributed by atoms with Crippen LogP contribution in [0.25, 0.3) is 5.69 Å². The van der Waals surface area contributed by atoms with Gasteiger partial charge in [0.1, 0.15) is 17.5 Å². The fourth-order valence-electron chi connectivity index (χ4n) is 2.89. The molecule has 1 fully saturated rings. The first-order valence-corrected chi connectivity index (χ1v) is 9.03. The minimum Gasteiger partial charge on any atom is -0.456 e. The average molecular weight is 397 g/mol. The SMILES string of the molecule is Cc1cn[c-]cn1.N#Cc1ccnn(-c2ccc(NC3CCCC3)nc2)c1=O.[Na+]. The van der Waals surface area contributed by atoms with Gasteiger partial charge in [0.15, 0.2) is 0 Å². The molecule has 9 heteroatoms. The molecule has 0 atom stereocenters. The van der Waals surface area contributed by atoms with Crippen LogP contribution in [0.1, 0.15) is 36.9 Å². The van der Waals surface area contributed by atoms with Crippen molar-refractivity contribution >= 4 is 5.82 Å². The predicted octanol–water partition coefficient (Wildman–Crippen LogP) is -0.557. The van der Waals surface area contributed by atoms with Gasteiger partial charge in [-0.3, -0.25) is 9.78 Å². The van der Waals surface area contributed by atoms with Crippen LogP contribution < -0.4 is 40.4 Å². The first kappa shape index (κ1) is 22.7. The van der Waals surface area contributed by atoms with Gasteiger partial charge in [0.05, 0.1) is 11.9 Å². The Morgan fingerprint density at radius 2 is 2.00 bits per heavy atom. The van der Waals surface area contributed by atoms with Crippen molar-refractivity contribution in [2.24, 2.45) is 0 Å². The van der Waals surface area contributed by atoms with Gasteiger partial charge < -0.3 is 10.3 Å². The van der Waals surface area contributed by atoms with Crippen LogP contribution in [-0.2, 0) is 0 Å². The Morgan fingerprint density at radius 1 is 1.21 bits per heavy atom. The zero-order chi connectivity index (χ0) is 19.8. The molecule has 0 aliphatic heterocycles. The van der Waals surface area contributed by atoms with E-state index in [1.165, 1.54) is 42.6 Å². The van der Waals surface area contributed by atoms with Gasteiger partial charge in [0.25, 0.3) is 5.56 Å². The number of hydrogen-bond donors (Lipinski definition) is 1. The second-order valence-electron chi connectivity index (χ2n) is 6.39. The number of pyridine rings is 1. The summed E-state index contributed by atoms with van der Waals surface area (Å²) in [4.78, 5) is 23.9. The molecule has 0 radical (unpaired) electrons. The zero-order valence-corrected chi connectivity index (χ0v) is 18.5. The molecule has 0 spiro atoms. The number of hydrogen-bond acceptors (Lipinski definition) is 7. The van der Waals surface area contributed by atoms with Crippen molar-refractivity contribution in [3.8, 4) is 11.8 Å². The average Bonchev–Trinajstić information content (AvgIpc) is 3.23. The van der Waals surface area contributed by atoms with E-state index in [2.05, 4.69) is 31.6 Å². The zero-order valence-electron chi connectivity index (χ0n) is 16.5. The molecular formula is C20H20N7NaO. The van der Waals surface area contributed by atoms with Crippen molar-refractivity contribution in [2.45, 2.75) is 38.6 Å². The Balaban J connectivity index is 0.000000319. The molecule has 0 unspecified atom stereocenters. The fourth-order valence-corrected chi connectivity index (χ4v) is 2.89. The van der Waals surface area contributed by atoms with E-state index >= 15 is 0 Å². The van der Waals surface area contributed by atoms with E-state index in [1.54, 1.807) is 24.7 Å². The van der Waals surface area contributed by atoms with E-state index in [0.29, 0.717) is 11.7 Å². The van der Waals surface area contributed by atoms with Crippen LogP contribution >= 0.6 is 0 Å². The normalized spacial score (nSPS) is 12.8. The van der Waals surface area contributed by atoms with Gasteiger partial charge in [0.2, 0.25) is 0 Å². The van der Waals surface area contributed by atoms with E-state index in [1.807, 2.05) is 19.1 Å². The third kappa shape index (κ3) is 6.46. The standard InChI is InChI=1S/C15H15N5O.C5H5N2.Na/c16-9-11-7-8-18-20(15(11)21)13-5-6-14(17-10-13)19-12-3-1-2-4-12;1-5-4-6-2-3-7-5;/h5-8,10,12H,1-4H2,(H,17,19);3-4H,1H3;/q;-1;+1. The number of nitrogens with zero attached hydrogens (tertiary/aromatic N) is 6. The molecule has 4 rings (SSSR count). The molecule has 1 N–H and O–H groups in total. The van der Waals surface area contributed by atoms with Crippen molar-refractivity contribution in [3.05, 3.63) is 70.8 Å². The quantitative estimate of drug-likeness (QED) is 0.466. The predicted molar refractivity (Wildman–Crippen MR) is 104 cm³/mol. The van der Waals surface area contributed by atoms with Gasteiger partial charge in [0, 0.05) is 12.2 Å². The number of nitriles is 1. The number of anilines is 1. The number of nitrogens with one attached hydrogen (secondary N) is 1. The summed E-state index contributed by atoms with van der Waals surface area (Å²) in [5, 5.41) is 16.2.